The average Bonchev–Trinajstić information content (AvgIpc) is 3.51. The van der Waals surface area contributed by atoms with Crippen LogP contribution in [0.2, 0.25) is 0 Å². The van der Waals surface area contributed by atoms with Crippen LogP contribution >= 0.6 is 0 Å². The van der Waals surface area contributed by atoms with E-state index in [1.807, 2.05) is 19.1 Å². The van der Waals surface area contributed by atoms with Gasteiger partial charge in [0.1, 0.15) is 11.3 Å². The van der Waals surface area contributed by atoms with Gasteiger partial charge in [0.05, 0.1) is 12.0 Å². The Balaban J connectivity index is 1.51. The molecule has 3 aliphatic carbocycles. The summed E-state index contributed by atoms with van der Waals surface area (Å²) in [4.78, 5) is 30.2. The lowest BCUT2D eigenvalue weighted by molar-refractivity contribution is -0.190. The lowest BCUT2D eigenvalue weighted by atomic mass is 9.46. The number of carbonyl (C=O) groups excluding carboxylic acids is 2. The number of amides is 1. The smallest absolute Gasteiger partial charge is 0.230 e. The largest absolute Gasteiger partial charge is 0.508 e. The molecule has 2 N–H and O–H groups in total. The molecule has 2 bridgehead atoms. The fourth-order valence-electron chi connectivity index (χ4n) is 7.70. The number of rotatable bonds is 3. The zero-order chi connectivity index (χ0) is 21.6. The van der Waals surface area contributed by atoms with Crippen LogP contribution in [0.25, 0.3) is 0 Å². The molecule has 6 nitrogen and oxygen atoms in total. The molecule has 4 atom stereocenters. The van der Waals surface area contributed by atoms with Crippen LogP contribution in [-0.2, 0) is 21.4 Å². The number of piperidine rings is 1. The fourth-order valence-corrected chi connectivity index (χ4v) is 7.70. The molecule has 2 saturated carbocycles. The van der Waals surface area contributed by atoms with E-state index in [4.69, 9.17) is 0 Å². The highest BCUT2D eigenvalue weighted by molar-refractivity contribution is 6.10. The first-order chi connectivity index (χ1) is 14.8. The summed E-state index contributed by atoms with van der Waals surface area (Å²) in [5.74, 6) is 0.885. The third kappa shape index (κ3) is 2.46. The van der Waals surface area contributed by atoms with Crippen molar-refractivity contribution in [1.29, 1.82) is 0 Å². The van der Waals surface area contributed by atoms with Crippen molar-refractivity contribution in [3.63, 3.8) is 0 Å². The molecule has 31 heavy (non-hydrogen) atoms. The second-order valence-corrected chi connectivity index (χ2v) is 10.7. The van der Waals surface area contributed by atoms with Crippen LogP contribution < -0.4 is 0 Å². The number of likely N-dealkylation sites (tertiary alicyclic amines) is 2. The quantitative estimate of drug-likeness (QED) is 0.727. The van der Waals surface area contributed by atoms with Gasteiger partial charge in [0.2, 0.25) is 5.91 Å². The number of hydrogen-bond donors (Lipinski definition) is 2. The van der Waals surface area contributed by atoms with Crippen molar-refractivity contribution >= 4 is 11.7 Å². The van der Waals surface area contributed by atoms with Crippen molar-refractivity contribution in [2.75, 3.05) is 19.6 Å². The van der Waals surface area contributed by atoms with Gasteiger partial charge in [0.15, 0.2) is 5.78 Å². The molecule has 1 amide bonds. The number of carbonyl (C=O) groups is 2. The number of nitrogens with zero attached hydrogens (tertiary/aromatic N) is 2. The van der Waals surface area contributed by atoms with Crippen LogP contribution in [0, 0.1) is 5.92 Å². The summed E-state index contributed by atoms with van der Waals surface area (Å²) in [7, 11) is 0. The normalized spacial score (nSPS) is 39.7. The molecule has 4 fully saturated rings. The lowest BCUT2D eigenvalue weighted by Crippen LogP contribution is -2.76. The molecular formula is C25H32N2O4. The van der Waals surface area contributed by atoms with Gasteiger partial charge < -0.3 is 15.1 Å². The van der Waals surface area contributed by atoms with Crippen LogP contribution in [0.5, 0.6) is 5.75 Å². The Hall–Kier alpha value is -1.92. The van der Waals surface area contributed by atoms with Crippen LogP contribution in [-0.4, -0.2) is 68.5 Å². The van der Waals surface area contributed by atoms with E-state index in [-0.39, 0.29) is 29.9 Å². The van der Waals surface area contributed by atoms with Crippen LogP contribution in [0.4, 0.5) is 0 Å². The molecule has 1 aromatic rings. The van der Waals surface area contributed by atoms with E-state index >= 15 is 0 Å². The predicted octanol–water partition coefficient (Wildman–Crippen LogP) is 2.15. The standard InChI is InChI=1S/C25H32N2O4/c1-2-27-22(30)13-21(29)24(27)7-8-25(31)20-11-17-5-6-18(28)12-19(17)23(25,15-24)9-10-26(20)14-16-3-4-16/h5-6,12,16,20,28,31H,2-4,7-11,13-15H2,1H3/t20-,23-,24+,25-/m1/s1. The number of phenolic OH excluding ortho intramolecular Hbond substituents is 1. The fraction of sp³-hybridized carbons (Fsp3) is 0.680. The van der Waals surface area contributed by atoms with Crippen molar-refractivity contribution in [2.45, 2.75) is 80.9 Å². The summed E-state index contributed by atoms with van der Waals surface area (Å²) in [5.41, 5.74) is -0.209. The lowest BCUT2D eigenvalue weighted by Gasteiger charge is -2.66. The third-order valence-electron chi connectivity index (χ3n) is 9.34. The number of hydrogen-bond acceptors (Lipinski definition) is 5. The maximum absolute atomic E-state index is 13.3. The van der Waals surface area contributed by atoms with E-state index in [2.05, 4.69) is 4.90 Å². The summed E-state index contributed by atoms with van der Waals surface area (Å²) in [5, 5.41) is 22.8. The minimum atomic E-state index is -0.947. The van der Waals surface area contributed by atoms with Crippen LogP contribution in [0.3, 0.4) is 0 Å². The first kappa shape index (κ1) is 19.7. The summed E-state index contributed by atoms with van der Waals surface area (Å²) in [6.07, 6.45) is 5.59. The minimum Gasteiger partial charge on any atom is -0.508 e. The number of aliphatic hydroxyl groups is 1. The molecule has 1 aromatic carbocycles. The highest BCUT2D eigenvalue weighted by Crippen LogP contribution is 2.62. The number of Topliss-reactive ketones (excluding diaryl/α,β-unsaturated/α-hetero) is 1. The van der Waals surface area contributed by atoms with Gasteiger partial charge in [0, 0.05) is 24.5 Å². The number of aromatic hydroxyl groups is 1. The van der Waals surface area contributed by atoms with Gasteiger partial charge in [0.25, 0.3) is 0 Å². The molecule has 6 heteroatoms. The van der Waals surface area contributed by atoms with Gasteiger partial charge in [-0.25, -0.2) is 0 Å². The molecular weight excluding hydrogens is 392 g/mol. The zero-order valence-electron chi connectivity index (χ0n) is 18.3. The van der Waals surface area contributed by atoms with E-state index < -0.39 is 16.6 Å². The van der Waals surface area contributed by atoms with E-state index in [9.17, 15) is 19.8 Å². The maximum Gasteiger partial charge on any atom is 0.230 e. The first-order valence-electron chi connectivity index (χ1n) is 12.0. The molecule has 0 radical (unpaired) electrons. The Kier molecular flexibility index (Phi) is 4.02. The number of phenols is 1. The Bertz CT molecular complexity index is 974. The Morgan fingerprint density at radius 3 is 2.71 bits per heavy atom. The van der Waals surface area contributed by atoms with Gasteiger partial charge in [-0.1, -0.05) is 6.07 Å². The van der Waals surface area contributed by atoms with Gasteiger partial charge >= 0.3 is 0 Å². The Morgan fingerprint density at radius 1 is 1.16 bits per heavy atom. The van der Waals surface area contributed by atoms with Crippen molar-refractivity contribution in [1.82, 2.24) is 9.80 Å². The highest BCUT2D eigenvalue weighted by atomic mass is 16.3. The monoisotopic (exact) mass is 424 g/mol. The molecule has 1 spiro atoms. The summed E-state index contributed by atoms with van der Waals surface area (Å²) in [6, 6.07) is 5.59. The van der Waals surface area contributed by atoms with E-state index in [0.717, 1.165) is 37.4 Å². The van der Waals surface area contributed by atoms with Crippen LogP contribution in [0.1, 0.15) is 63.0 Å². The van der Waals surface area contributed by atoms with Gasteiger partial charge in [-0.05, 0) is 87.6 Å². The maximum atomic E-state index is 13.3. The SMILES string of the molecule is CCN1C(=O)CC(=O)[C@@]12CC[C@@]1(O)[C@H]3Cc4ccc(O)cc4[C@@]1(CCN3CC1CC1)C2. The zero-order valence-corrected chi connectivity index (χ0v) is 18.3. The molecule has 2 heterocycles. The summed E-state index contributed by atoms with van der Waals surface area (Å²) < 4.78 is 0. The number of likely N-dealkylation sites (N-methyl/N-ethyl adjacent to an activating group) is 1. The van der Waals surface area contributed by atoms with Crippen molar-refractivity contribution in [3.8, 4) is 5.75 Å². The van der Waals surface area contributed by atoms with Gasteiger partial charge in [-0.2, -0.15) is 0 Å². The molecule has 6 rings (SSSR count). The Morgan fingerprint density at radius 2 is 1.97 bits per heavy atom. The van der Waals surface area contributed by atoms with Gasteiger partial charge in [-0.15, -0.1) is 0 Å². The van der Waals surface area contributed by atoms with Crippen LogP contribution in [0.15, 0.2) is 18.2 Å². The van der Waals surface area contributed by atoms with E-state index in [0.29, 0.717) is 25.8 Å². The average molecular weight is 425 g/mol. The molecule has 5 aliphatic rings. The number of fused-ring (bicyclic) bond motifs is 1. The van der Waals surface area contributed by atoms with E-state index in [1.165, 1.54) is 18.4 Å². The topological polar surface area (TPSA) is 81.1 Å². The molecule has 2 aliphatic heterocycles. The molecule has 166 valence electrons. The first-order valence-corrected chi connectivity index (χ1v) is 12.0. The number of benzene rings is 1. The van der Waals surface area contributed by atoms with Crippen molar-refractivity contribution < 1.29 is 19.8 Å². The predicted molar refractivity (Wildman–Crippen MR) is 115 cm³/mol. The third-order valence-corrected chi connectivity index (χ3v) is 9.34. The molecule has 0 unspecified atom stereocenters. The van der Waals surface area contributed by atoms with Crippen molar-refractivity contribution in [3.05, 3.63) is 29.3 Å². The molecule has 0 aromatic heterocycles. The van der Waals surface area contributed by atoms with Gasteiger partial charge in [-0.3, -0.25) is 14.5 Å². The Labute approximate surface area is 183 Å². The second kappa shape index (κ2) is 6.32. The molecule has 2 saturated heterocycles. The number of ketones is 1. The highest BCUT2D eigenvalue weighted by Gasteiger charge is 2.70. The minimum absolute atomic E-state index is 0.0139. The summed E-state index contributed by atoms with van der Waals surface area (Å²) >= 11 is 0. The van der Waals surface area contributed by atoms with Crippen molar-refractivity contribution in [2.24, 2.45) is 5.92 Å². The second-order valence-electron chi connectivity index (χ2n) is 10.7. The summed E-state index contributed by atoms with van der Waals surface area (Å²) in [6.45, 7) is 4.39. The van der Waals surface area contributed by atoms with E-state index in [1.54, 1.807) is 11.0 Å².